The summed E-state index contributed by atoms with van der Waals surface area (Å²) in [5.74, 6) is 0.0313. The second-order valence-electron chi connectivity index (χ2n) is 1.07. The molecule has 5 heteroatoms. The van der Waals surface area contributed by atoms with Crippen molar-refractivity contribution in [2.45, 2.75) is 0 Å². The average Bonchev–Trinajstić information content (AvgIpc) is 1.87. The van der Waals surface area contributed by atoms with Crippen LogP contribution >= 0.6 is 11.9 Å². The summed E-state index contributed by atoms with van der Waals surface area (Å²) < 4.78 is 0.447. The molecule has 0 spiro atoms. The van der Waals surface area contributed by atoms with Crippen LogP contribution in [0.1, 0.15) is 0 Å². The molecule has 1 heterocycles. The first kappa shape index (κ1) is 4.58. The van der Waals surface area contributed by atoms with E-state index in [2.05, 4.69) is 0 Å². The lowest BCUT2D eigenvalue weighted by molar-refractivity contribution is -0.420. The summed E-state index contributed by atoms with van der Waals surface area (Å²) in [4.78, 5) is 20.1. The summed E-state index contributed by atoms with van der Waals surface area (Å²) in [5.41, 5.74) is 2.02. The van der Waals surface area contributed by atoms with Crippen molar-refractivity contribution in [2.75, 3.05) is 5.75 Å². The van der Waals surface area contributed by atoms with Crippen molar-refractivity contribution in [1.29, 1.82) is 0 Å². The number of rotatable bonds is 0. The fourth-order valence-corrected chi connectivity index (χ4v) is 0.749. The van der Waals surface area contributed by atoms with Gasteiger partial charge in [-0.1, -0.05) is 5.43 Å². The Labute approximate surface area is 43.9 Å². The average molecular weight is 119 g/mol. The van der Waals surface area contributed by atoms with Gasteiger partial charge in [-0.3, -0.25) is 4.79 Å². The van der Waals surface area contributed by atoms with Crippen LogP contribution in [-0.4, -0.2) is 15.9 Å². The monoisotopic (exact) mass is 119 g/mol. The van der Waals surface area contributed by atoms with Crippen LogP contribution in [0, 0.1) is 4.91 Å². The molecule has 0 aromatic carbocycles. The molecule has 38 valence electrons. The zero-order chi connectivity index (χ0) is 5.28. The first-order valence-corrected chi connectivity index (χ1v) is 2.63. The molecule has 1 saturated heterocycles. The highest BCUT2D eigenvalue weighted by molar-refractivity contribution is 7.94. The van der Waals surface area contributed by atoms with Gasteiger partial charge in [0.2, 0.25) is 4.27 Å². The lowest BCUT2D eigenvalue weighted by Gasteiger charge is -1.67. The third-order valence-corrected chi connectivity index (χ3v) is 1.25. The number of hydrazine groups is 1. The lowest BCUT2D eigenvalue weighted by atomic mass is 10.8. The molecule has 0 bridgehead atoms. The highest BCUT2D eigenvalue weighted by Crippen LogP contribution is 2.03. The predicted octanol–water partition coefficient (Wildman–Crippen LogP) is -0.542. The van der Waals surface area contributed by atoms with E-state index in [1.165, 1.54) is 0 Å². The molecule has 4 nitrogen and oxygen atoms in total. The molecule has 1 amide bonds. The number of nitrogens with one attached hydrogen (secondary N) is 1. The van der Waals surface area contributed by atoms with Crippen LogP contribution in [-0.2, 0) is 4.79 Å². The smallest absolute Gasteiger partial charge is 0.268 e. The van der Waals surface area contributed by atoms with E-state index in [1.54, 1.807) is 0 Å². The second kappa shape index (κ2) is 1.49. The molecule has 0 aromatic heterocycles. The number of nitroso groups, excluding NO2 is 1. The van der Waals surface area contributed by atoms with Crippen LogP contribution in [0.2, 0.25) is 0 Å². The van der Waals surface area contributed by atoms with Gasteiger partial charge in [0.25, 0.3) is 17.9 Å². The van der Waals surface area contributed by atoms with Gasteiger partial charge < -0.3 is 0 Å². The van der Waals surface area contributed by atoms with E-state index >= 15 is 0 Å². The van der Waals surface area contributed by atoms with Crippen LogP contribution in [0.25, 0.3) is 0 Å². The highest BCUT2D eigenvalue weighted by atomic mass is 32.2. The molecule has 0 unspecified atom stereocenters. The molecule has 1 rings (SSSR count). The van der Waals surface area contributed by atoms with E-state index < -0.39 is 0 Å². The zero-order valence-corrected chi connectivity index (χ0v) is 4.20. The van der Waals surface area contributed by atoms with Gasteiger partial charge in [0, 0.05) is 0 Å². The normalized spacial score (nSPS) is 20.0. The van der Waals surface area contributed by atoms with Crippen molar-refractivity contribution in [2.24, 2.45) is 0 Å². The molecule has 7 heavy (non-hydrogen) atoms. The number of carbonyl (C=O) groups excluding carboxylic acids is 1. The second-order valence-corrected chi connectivity index (χ2v) is 1.94. The first-order valence-electron chi connectivity index (χ1n) is 1.69. The Morgan fingerprint density at radius 1 is 1.86 bits per heavy atom. The Morgan fingerprint density at radius 2 is 2.57 bits per heavy atom. The van der Waals surface area contributed by atoms with Crippen molar-refractivity contribution in [3.05, 3.63) is 4.91 Å². The van der Waals surface area contributed by atoms with Gasteiger partial charge in [-0.05, 0) is 0 Å². The molecule has 0 radical (unpaired) electrons. The standard InChI is InChI=1S/C2H2N2O2S/c5-2-1-7-4(6)3-2/h1H2/p+1. The van der Waals surface area contributed by atoms with E-state index in [9.17, 15) is 9.70 Å². The first-order chi connectivity index (χ1) is 3.29. The van der Waals surface area contributed by atoms with Crippen LogP contribution in [0.15, 0.2) is 0 Å². The van der Waals surface area contributed by atoms with Crippen molar-refractivity contribution < 1.29 is 9.07 Å². The van der Waals surface area contributed by atoms with Gasteiger partial charge in [0.05, 0.1) is 4.91 Å². The molecule has 1 aliphatic rings. The predicted molar refractivity (Wildman–Crippen MR) is 24.2 cm³/mol. The summed E-state index contributed by atoms with van der Waals surface area (Å²) in [6.45, 7) is 0. The third kappa shape index (κ3) is 0.894. The van der Waals surface area contributed by atoms with E-state index in [0.717, 1.165) is 11.9 Å². The van der Waals surface area contributed by atoms with Crippen LogP contribution in [0.4, 0.5) is 0 Å². The van der Waals surface area contributed by atoms with Crippen molar-refractivity contribution in [1.82, 2.24) is 5.43 Å². The summed E-state index contributed by atoms with van der Waals surface area (Å²) in [6, 6.07) is 0. The Kier molecular flexibility index (Phi) is 0.976. The molecule has 1 fully saturated rings. The maximum absolute atomic E-state index is 10.1. The fraction of sp³-hybridized carbons (Fsp3) is 0.500. The molecule has 0 atom stereocenters. The zero-order valence-electron chi connectivity index (χ0n) is 3.38. The summed E-state index contributed by atoms with van der Waals surface area (Å²) in [5, 5.41) is 0. The van der Waals surface area contributed by atoms with Crippen LogP contribution < -0.4 is 5.43 Å². The fourth-order valence-electron chi connectivity index (χ4n) is 0.284. The van der Waals surface area contributed by atoms with Crippen molar-refractivity contribution in [3.63, 3.8) is 0 Å². The Hall–Kier alpha value is -0.580. The Bertz CT molecular complexity index is 109. The minimum absolute atomic E-state index is 0.222. The number of nitrogens with zero attached hydrogens (tertiary/aromatic N) is 1. The number of amides is 1. The molecule has 1 aliphatic heterocycles. The van der Waals surface area contributed by atoms with E-state index in [4.69, 9.17) is 0 Å². The van der Waals surface area contributed by atoms with Gasteiger partial charge in [-0.15, -0.1) is 0 Å². The summed E-state index contributed by atoms with van der Waals surface area (Å²) in [6.07, 6.45) is 0. The van der Waals surface area contributed by atoms with Crippen molar-refractivity contribution in [3.8, 4) is 0 Å². The van der Waals surface area contributed by atoms with Gasteiger partial charge >= 0.3 is 0 Å². The highest BCUT2D eigenvalue weighted by Gasteiger charge is 2.27. The Morgan fingerprint density at radius 3 is 2.71 bits per heavy atom. The molecule has 1 N–H and O–H groups in total. The van der Waals surface area contributed by atoms with Gasteiger partial charge in [-0.25, -0.2) is 0 Å². The van der Waals surface area contributed by atoms with Gasteiger partial charge in [0.15, 0.2) is 5.75 Å². The minimum Gasteiger partial charge on any atom is -0.268 e. The topological polar surface area (TPSA) is 49.2 Å². The van der Waals surface area contributed by atoms with Gasteiger partial charge in [0.1, 0.15) is 0 Å². The van der Waals surface area contributed by atoms with Crippen LogP contribution in [0.3, 0.4) is 0 Å². The van der Waals surface area contributed by atoms with E-state index in [1.807, 2.05) is 5.43 Å². The van der Waals surface area contributed by atoms with Crippen LogP contribution in [0.5, 0.6) is 0 Å². The lowest BCUT2D eigenvalue weighted by Crippen LogP contribution is -2.20. The Balaban J connectivity index is 2.55. The minimum atomic E-state index is -0.222. The maximum Gasteiger partial charge on any atom is 0.296 e. The quantitative estimate of drug-likeness (QED) is 0.344. The maximum atomic E-state index is 10.1. The largest absolute Gasteiger partial charge is 0.296 e. The summed E-state index contributed by atoms with van der Waals surface area (Å²) >= 11 is 0.922. The SMILES string of the molecule is O=C1CS[N+](=O)N1. The number of carbonyl (C=O) groups is 1. The summed E-state index contributed by atoms with van der Waals surface area (Å²) in [7, 11) is 0. The molecular weight excluding hydrogens is 116 g/mol. The third-order valence-electron chi connectivity index (χ3n) is 0.529. The van der Waals surface area contributed by atoms with E-state index in [0.29, 0.717) is 4.27 Å². The molecule has 0 aliphatic carbocycles. The number of hydrogen-bond acceptors (Lipinski definition) is 3. The molecule has 0 aromatic rings. The van der Waals surface area contributed by atoms with Crippen molar-refractivity contribution >= 4 is 17.9 Å². The van der Waals surface area contributed by atoms with Gasteiger partial charge in [-0.2, -0.15) is 0 Å². The molecule has 0 saturated carbocycles. The number of hydrogen-bond donors (Lipinski definition) is 1. The molecular formula is C2H3N2O2S+. The van der Waals surface area contributed by atoms with E-state index in [-0.39, 0.29) is 11.7 Å².